The molecule has 1 atom stereocenters. The van der Waals surface area contributed by atoms with Crippen LogP contribution in [0.5, 0.6) is 0 Å². The summed E-state index contributed by atoms with van der Waals surface area (Å²) in [4.78, 5) is 182. The van der Waals surface area contributed by atoms with Gasteiger partial charge in [0, 0.05) is 45.3 Å². The summed E-state index contributed by atoms with van der Waals surface area (Å²) in [5.41, 5.74) is -14.1. The number of fused-ring (bicyclic) bond motifs is 11. The van der Waals surface area contributed by atoms with E-state index in [0.29, 0.717) is 119 Å². The number of hydrogen-bond donors (Lipinski definition) is 10. The predicted molar refractivity (Wildman–Crippen MR) is 409 cm³/mol. The van der Waals surface area contributed by atoms with Crippen LogP contribution in [0.4, 0.5) is 0 Å². The van der Waals surface area contributed by atoms with Gasteiger partial charge in [0.25, 0.3) is 11.8 Å². The number of piperidine rings is 1. The number of nitrogens with one attached hydrogen (secondary N) is 10. The average Bonchev–Trinajstić information content (AvgIpc) is 1.72. The molecule has 31 heteroatoms. The molecule has 6 aliphatic carbocycles. The van der Waals surface area contributed by atoms with E-state index in [1.54, 1.807) is 25.9 Å². The second-order valence-electron chi connectivity index (χ2n) is 33.6. The van der Waals surface area contributed by atoms with Crippen LogP contribution in [0.3, 0.4) is 0 Å². The van der Waals surface area contributed by atoms with Gasteiger partial charge in [-0.05, 0) is 135 Å². The van der Waals surface area contributed by atoms with Gasteiger partial charge in [0.1, 0.15) is 68.1 Å². The summed E-state index contributed by atoms with van der Waals surface area (Å²) >= 11 is 0. The molecule has 2 aromatic rings. The van der Waals surface area contributed by atoms with Gasteiger partial charge in [-0.2, -0.15) is 9.46 Å². The van der Waals surface area contributed by atoms with E-state index in [1.807, 2.05) is 0 Å². The van der Waals surface area contributed by atoms with Gasteiger partial charge in [0.05, 0.1) is 33.0 Å². The van der Waals surface area contributed by atoms with Crippen LogP contribution in [0.2, 0.25) is 0 Å². The summed E-state index contributed by atoms with van der Waals surface area (Å²) in [6, 6.07) is 4.21. The molecule has 6 saturated carbocycles. The minimum absolute atomic E-state index is 0.00722. The predicted octanol–water partition coefficient (Wildman–Crippen LogP) is 4.80. The minimum Gasteiger partial charge on any atom is -0.618 e. The van der Waals surface area contributed by atoms with Gasteiger partial charge in [-0.25, -0.2) is 4.79 Å². The lowest BCUT2D eigenvalue weighted by molar-refractivity contribution is -0.625. The molecule has 3 aliphatic heterocycles. The Hall–Kier alpha value is -8.58. The normalized spacial score (nSPS) is 22.2. The molecular formula is C81H121N13O18. The Bertz CT molecular complexity index is 3710. The third-order valence-corrected chi connectivity index (χ3v) is 24.9. The highest BCUT2D eigenvalue weighted by Crippen LogP contribution is 2.40. The molecule has 5 heterocycles. The van der Waals surface area contributed by atoms with Crippen LogP contribution in [0.25, 0.3) is 11.4 Å². The van der Waals surface area contributed by atoms with Crippen LogP contribution in [0, 0.1) is 16.3 Å². The van der Waals surface area contributed by atoms with Crippen molar-refractivity contribution < 1.29 is 85.9 Å². The number of esters is 1. The van der Waals surface area contributed by atoms with E-state index >= 15 is 33.6 Å². The minimum atomic E-state index is -1.78. The number of aromatic nitrogens is 2. The summed E-state index contributed by atoms with van der Waals surface area (Å²) in [6.45, 7) is 8.07. The van der Waals surface area contributed by atoms with Gasteiger partial charge in [0.2, 0.25) is 53.2 Å². The second kappa shape index (κ2) is 38.0. The van der Waals surface area contributed by atoms with Gasteiger partial charge in [0.15, 0.2) is 12.4 Å². The number of carbonyl (C=O) groups is 12. The van der Waals surface area contributed by atoms with E-state index in [0.717, 1.165) is 50.9 Å². The summed E-state index contributed by atoms with van der Waals surface area (Å²) < 4.78 is 22.0. The topological polar surface area (TPSA) is 419 Å². The van der Waals surface area contributed by atoms with E-state index in [9.17, 15) is 34.4 Å². The molecule has 2 spiro atoms. The van der Waals surface area contributed by atoms with Crippen molar-refractivity contribution in [3.05, 3.63) is 58.2 Å². The highest BCUT2D eigenvalue weighted by Gasteiger charge is 2.57. The van der Waals surface area contributed by atoms with Crippen LogP contribution < -0.4 is 62.6 Å². The summed E-state index contributed by atoms with van der Waals surface area (Å²) in [5, 5.41) is 58.4. The quantitative estimate of drug-likeness (QED) is 0.0309. The van der Waals surface area contributed by atoms with E-state index < -0.39 is 133 Å². The van der Waals surface area contributed by atoms with Crippen molar-refractivity contribution in [3.8, 4) is 11.4 Å². The van der Waals surface area contributed by atoms with E-state index in [-0.39, 0.29) is 153 Å². The maximum absolute atomic E-state index is 16.1. The molecule has 11 rings (SSSR count). The van der Waals surface area contributed by atoms with Gasteiger partial charge in [-0.1, -0.05) is 129 Å². The van der Waals surface area contributed by atoms with Crippen molar-refractivity contribution in [1.29, 1.82) is 0 Å². The SMILES string of the molecule is COCCOCCOCCOC(=O)C(C)(C)NC(=O)C(NC(=O)C1(NC(=O)C2(NC(=O)C3(NC(=O)C4(NC(=O)C56CCN(CC5)C(=O)CCCCNC(=O)c5ccc[n+]([O-])c5-c5c(ccc[n+]5[O-])C(=O)NC5(CCCCC5)C(=O)NC5(CCCCC5)C(=O)N6)CCCCC4)CCCCC3)CCCCC2)CCCCC1)C(C)C. The first-order chi connectivity index (χ1) is 53.6. The molecule has 2 bridgehead atoms. The second-order valence-corrected chi connectivity index (χ2v) is 33.6. The standard InChI is InChI=1S/C81H121N13O18/c1-56(2)60(65(98)84-74(3,4)73(106)112-55-54-111-53-52-110-51-50-109-5)83-66(99)75(31-13-6-14-32-75)86-68(101)77(35-17-8-18-36-77)88-69(102)78(37-19-9-20-38-78)89-70(103)79(39-21-10-22-40-79)90-72(105)81-43-48-92(49-44-81)59(95)30-12-25-45-82-63(96)57-28-26-46-93(107)61(57)62-58(29-27-47-94(62)108)64(97)85-76(33-15-7-16-34-76)67(100)87-80(71(104)91-81)41-23-11-24-42-80/h26-29,46-47,56,60H,6-25,30-45,48-55H2,1-5H3,(H,82,96)(H,83,99)(H,84,98)(H,85,97)(H,86,101)(H,87,100)(H,88,102)(H,89,103)(H,90,105)(H,91,104). The van der Waals surface area contributed by atoms with Gasteiger partial charge >= 0.3 is 17.4 Å². The number of ether oxygens (including phenoxy) is 4. The Kier molecular flexibility index (Phi) is 29.2. The van der Waals surface area contributed by atoms with Crippen molar-refractivity contribution >= 4 is 70.9 Å². The van der Waals surface area contributed by atoms with Crippen molar-refractivity contribution in [2.75, 3.05) is 66.4 Å². The van der Waals surface area contributed by atoms with E-state index in [4.69, 9.17) is 18.9 Å². The molecule has 7 fully saturated rings. The fourth-order valence-electron chi connectivity index (χ4n) is 18.0. The zero-order valence-electron chi connectivity index (χ0n) is 66.4. The van der Waals surface area contributed by atoms with Crippen LogP contribution in [0.15, 0.2) is 36.7 Å². The number of carbonyl (C=O) groups excluding carboxylic acids is 12. The third-order valence-electron chi connectivity index (χ3n) is 24.9. The lowest BCUT2D eigenvalue weighted by atomic mass is 9.74. The Morgan fingerprint density at radius 2 is 0.893 bits per heavy atom. The summed E-state index contributed by atoms with van der Waals surface area (Å²) in [6.07, 6.45) is 15.8. The Balaban J connectivity index is 0.889. The lowest BCUT2D eigenvalue weighted by Crippen LogP contribution is -2.74. The zero-order chi connectivity index (χ0) is 80.4. The number of nitrogens with zero attached hydrogens (tertiary/aromatic N) is 3. The van der Waals surface area contributed by atoms with Crippen LogP contribution in [-0.2, 0) is 66.9 Å². The zero-order valence-corrected chi connectivity index (χ0v) is 66.4. The molecule has 0 aromatic carbocycles. The lowest BCUT2D eigenvalue weighted by Gasteiger charge is -2.48. The average molecular weight is 1560 g/mol. The Morgan fingerprint density at radius 3 is 1.35 bits per heavy atom. The molecule has 11 amide bonds. The first kappa shape index (κ1) is 85.8. The highest BCUT2D eigenvalue weighted by molar-refractivity contribution is 6.07. The number of hydrogen-bond acceptors (Lipinski definition) is 18. The molecule has 9 aliphatic rings. The van der Waals surface area contributed by atoms with Gasteiger partial charge < -0.3 is 87.4 Å². The molecule has 1 unspecified atom stereocenters. The molecule has 31 nitrogen and oxygen atoms in total. The van der Waals surface area contributed by atoms with E-state index in [2.05, 4.69) is 53.2 Å². The molecular weight excluding hydrogens is 1440 g/mol. The molecule has 2 aromatic heterocycles. The van der Waals surface area contributed by atoms with Crippen molar-refractivity contribution in [2.45, 2.75) is 303 Å². The molecule has 0 radical (unpaired) electrons. The maximum atomic E-state index is 16.1. The number of methoxy groups -OCH3 is 1. The fraction of sp³-hybridized carbons (Fsp3) is 0.728. The summed E-state index contributed by atoms with van der Waals surface area (Å²) in [7, 11) is 1.58. The summed E-state index contributed by atoms with van der Waals surface area (Å²) in [5.74, 6) is -8.01. The number of rotatable bonds is 23. The largest absolute Gasteiger partial charge is 0.618 e. The molecule has 112 heavy (non-hydrogen) atoms. The third kappa shape index (κ3) is 19.9. The van der Waals surface area contributed by atoms with Crippen molar-refractivity contribution in [1.82, 2.24) is 58.1 Å². The van der Waals surface area contributed by atoms with Crippen LogP contribution >= 0.6 is 0 Å². The van der Waals surface area contributed by atoms with Crippen molar-refractivity contribution in [3.63, 3.8) is 0 Å². The van der Waals surface area contributed by atoms with Crippen LogP contribution in [0.1, 0.15) is 273 Å². The monoisotopic (exact) mass is 1560 g/mol. The van der Waals surface area contributed by atoms with Crippen LogP contribution in [-0.4, -0.2) is 193 Å². The Labute approximate surface area is 656 Å². The fourth-order valence-corrected chi connectivity index (χ4v) is 18.0. The molecule has 1 saturated heterocycles. The highest BCUT2D eigenvalue weighted by atomic mass is 16.6. The van der Waals surface area contributed by atoms with Crippen molar-refractivity contribution in [2.24, 2.45) is 5.92 Å². The number of amides is 11. The smallest absolute Gasteiger partial charge is 0.331 e. The number of pyridine rings is 2. The molecule has 618 valence electrons. The Morgan fingerprint density at radius 1 is 0.491 bits per heavy atom. The van der Waals surface area contributed by atoms with Gasteiger partial charge in [-0.15, -0.1) is 0 Å². The maximum Gasteiger partial charge on any atom is 0.331 e. The first-order valence-electron chi connectivity index (χ1n) is 41.4. The molecule has 10 N–H and O–H groups in total. The van der Waals surface area contributed by atoms with E-state index in [1.165, 1.54) is 38.1 Å². The first-order valence-corrected chi connectivity index (χ1v) is 41.4. The van der Waals surface area contributed by atoms with Gasteiger partial charge in [-0.3, -0.25) is 52.7 Å².